The number of rotatable bonds is 10. The van der Waals surface area contributed by atoms with Gasteiger partial charge in [0.1, 0.15) is 23.1 Å². The molecule has 1 aromatic carbocycles. The van der Waals surface area contributed by atoms with Crippen LogP contribution < -0.4 is 15.4 Å². The lowest BCUT2D eigenvalue weighted by molar-refractivity contribution is -0.123. The van der Waals surface area contributed by atoms with E-state index in [9.17, 15) is 9.59 Å². The lowest BCUT2D eigenvalue weighted by Crippen LogP contribution is -2.32. The maximum Gasteiger partial charge on any atom is 0.270 e. The molecule has 0 saturated heterocycles. The van der Waals surface area contributed by atoms with Crippen LogP contribution in [0, 0.1) is 5.92 Å². The van der Waals surface area contributed by atoms with Gasteiger partial charge in [0.25, 0.3) is 5.91 Å². The quantitative estimate of drug-likeness (QED) is 0.592. The topological polar surface area (TPSA) is 80.3 Å². The van der Waals surface area contributed by atoms with Gasteiger partial charge in [-0.05, 0) is 30.0 Å². The fourth-order valence-electron chi connectivity index (χ4n) is 2.37. The monoisotopic (exact) mass is 403 g/mol. The number of nitrogens with zero attached hydrogens (tertiary/aromatic N) is 1. The molecule has 2 N–H and O–H groups in total. The lowest BCUT2D eigenvalue weighted by atomic mass is 10.0. The number of hydrogen-bond acceptors (Lipinski definition) is 5. The first kappa shape index (κ1) is 21.9. The van der Waals surface area contributed by atoms with Crippen LogP contribution in [0.1, 0.15) is 61.1 Å². The molecular formula is C21H29N3O3S. The molecule has 0 saturated carbocycles. The Kier molecular flexibility index (Phi) is 8.44. The predicted molar refractivity (Wildman–Crippen MR) is 112 cm³/mol. The summed E-state index contributed by atoms with van der Waals surface area (Å²) in [6.45, 7) is 9.37. The summed E-state index contributed by atoms with van der Waals surface area (Å²) >= 11 is 1.40. The van der Waals surface area contributed by atoms with Crippen molar-refractivity contribution in [3.8, 4) is 5.75 Å². The highest BCUT2D eigenvalue weighted by atomic mass is 32.1. The summed E-state index contributed by atoms with van der Waals surface area (Å²) in [5, 5.41) is 8.12. The highest BCUT2D eigenvalue weighted by Crippen LogP contribution is 2.20. The minimum Gasteiger partial charge on any atom is -0.486 e. The molecule has 7 heteroatoms. The Morgan fingerprint density at radius 1 is 1.07 bits per heavy atom. The first-order chi connectivity index (χ1) is 13.4. The van der Waals surface area contributed by atoms with Crippen molar-refractivity contribution < 1.29 is 14.3 Å². The van der Waals surface area contributed by atoms with E-state index in [2.05, 4.69) is 41.6 Å². The zero-order valence-electron chi connectivity index (χ0n) is 17.0. The van der Waals surface area contributed by atoms with Crippen molar-refractivity contribution in [1.29, 1.82) is 0 Å². The first-order valence-electron chi connectivity index (χ1n) is 9.60. The van der Waals surface area contributed by atoms with E-state index >= 15 is 0 Å². The number of carbonyl (C=O) groups excluding carboxylic acids is 2. The summed E-state index contributed by atoms with van der Waals surface area (Å²) in [7, 11) is 0. The molecule has 0 bridgehead atoms. The van der Waals surface area contributed by atoms with Crippen LogP contribution in [-0.2, 0) is 11.4 Å². The predicted octanol–water partition coefficient (Wildman–Crippen LogP) is 3.74. The zero-order valence-corrected chi connectivity index (χ0v) is 17.8. The number of nitrogens with one attached hydrogen (secondary N) is 2. The van der Waals surface area contributed by atoms with Gasteiger partial charge >= 0.3 is 0 Å². The number of amides is 2. The van der Waals surface area contributed by atoms with Crippen LogP contribution >= 0.6 is 11.3 Å². The highest BCUT2D eigenvalue weighted by molar-refractivity contribution is 7.09. The first-order valence-corrected chi connectivity index (χ1v) is 10.5. The van der Waals surface area contributed by atoms with E-state index in [0.29, 0.717) is 37.7 Å². The Balaban J connectivity index is 1.72. The Morgan fingerprint density at radius 3 is 2.39 bits per heavy atom. The summed E-state index contributed by atoms with van der Waals surface area (Å²) < 4.78 is 5.75. The van der Waals surface area contributed by atoms with Gasteiger partial charge in [0, 0.05) is 24.4 Å². The van der Waals surface area contributed by atoms with Gasteiger partial charge in [0.15, 0.2) is 0 Å². The average Bonchev–Trinajstić information content (AvgIpc) is 3.15. The summed E-state index contributed by atoms with van der Waals surface area (Å²) in [5.41, 5.74) is 1.66. The zero-order chi connectivity index (χ0) is 20.5. The van der Waals surface area contributed by atoms with Crippen LogP contribution in [0.25, 0.3) is 0 Å². The number of benzene rings is 1. The largest absolute Gasteiger partial charge is 0.486 e. The number of aromatic nitrogens is 1. The third kappa shape index (κ3) is 6.96. The van der Waals surface area contributed by atoms with Crippen molar-refractivity contribution in [2.45, 2.75) is 46.6 Å². The van der Waals surface area contributed by atoms with Crippen LogP contribution in [0.5, 0.6) is 5.75 Å². The third-order valence-electron chi connectivity index (χ3n) is 4.16. The van der Waals surface area contributed by atoms with Crippen LogP contribution in [0.15, 0.2) is 29.6 Å². The van der Waals surface area contributed by atoms with E-state index < -0.39 is 0 Å². The van der Waals surface area contributed by atoms with E-state index in [-0.39, 0.29) is 17.7 Å². The molecule has 0 aliphatic carbocycles. The SMILES string of the molecule is CC(C)C(=O)NCCCNC(=O)c1csc(COc2ccc(C(C)C)cc2)n1. The average molecular weight is 404 g/mol. The molecule has 28 heavy (non-hydrogen) atoms. The summed E-state index contributed by atoms with van der Waals surface area (Å²) in [4.78, 5) is 27.9. The van der Waals surface area contributed by atoms with Gasteiger partial charge in [0.2, 0.25) is 5.91 Å². The van der Waals surface area contributed by atoms with Gasteiger partial charge < -0.3 is 15.4 Å². The Hall–Kier alpha value is -2.41. The van der Waals surface area contributed by atoms with Crippen LogP contribution in [0.2, 0.25) is 0 Å². The van der Waals surface area contributed by atoms with Crippen LogP contribution in [0.4, 0.5) is 0 Å². The van der Waals surface area contributed by atoms with E-state index in [4.69, 9.17) is 4.74 Å². The van der Waals surface area contributed by atoms with Gasteiger partial charge in [0.05, 0.1) is 0 Å². The molecule has 0 spiro atoms. The van der Waals surface area contributed by atoms with Gasteiger partial charge in [-0.25, -0.2) is 4.98 Å². The molecule has 0 aliphatic heterocycles. The van der Waals surface area contributed by atoms with Crippen molar-refractivity contribution >= 4 is 23.2 Å². The van der Waals surface area contributed by atoms with E-state index in [1.54, 1.807) is 5.38 Å². The number of hydrogen-bond donors (Lipinski definition) is 2. The number of carbonyl (C=O) groups is 2. The molecule has 0 aliphatic rings. The standard InChI is InChI=1S/C21H29N3O3S/c1-14(2)16-6-8-17(9-7-16)27-12-19-24-18(13-28-19)21(26)23-11-5-10-22-20(25)15(3)4/h6-9,13-15H,5,10-12H2,1-4H3,(H,22,25)(H,23,26). The fraction of sp³-hybridized carbons (Fsp3) is 0.476. The number of thiazole rings is 1. The molecular weight excluding hydrogens is 374 g/mol. The molecule has 0 atom stereocenters. The maximum atomic E-state index is 12.1. The van der Waals surface area contributed by atoms with Crippen LogP contribution in [-0.4, -0.2) is 29.9 Å². The maximum absolute atomic E-state index is 12.1. The summed E-state index contributed by atoms with van der Waals surface area (Å²) in [5.74, 6) is 1.06. The molecule has 1 heterocycles. The Labute approximate surface area is 170 Å². The molecule has 0 fully saturated rings. The third-order valence-corrected chi connectivity index (χ3v) is 4.98. The van der Waals surface area contributed by atoms with Crippen molar-refractivity contribution in [3.05, 3.63) is 45.9 Å². The number of ether oxygens (including phenoxy) is 1. The molecule has 1 aromatic heterocycles. The summed E-state index contributed by atoms with van der Waals surface area (Å²) in [6.07, 6.45) is 0.677. The lowest BCUT2D eigenvalue weighted by Gasteiger charge is -2.08. The van der Waals surface area contributed by atoms with Crippen molar-refractivity contribution in [1.82, 2.24) is 15.6 Å². The van der Waals surface area contributed by atoms with Crippen molar-refractivity contribution in [3.63, 3.8) is 0 Å². The van der Waals surface area contributed by atoms with E-state index in [1.807, 2.05) is 26.0 Å². The molecule has 152 valence electrons. The molecule has 2 aromatic rings. The normalized spacial score (nSPS) is 10.9. The Morgan fingerprint density at radius 2 is 1.75 bits per heavy atom. The van der Waals surface area contributed by atoms with Crippen LogP contribution in [0.3, 0.4) is 0 Å². The molecule has 0 radical (unpaired) electrons. The van der Waals surface area contributed by atoms with Gasteiger partial charge in [-0.1, -0.05) is 39.8 Å². The molecule has 6 nitrogen and oxygen atoms in total. The smallest absolute Gasteiger partial charge is 0.270 e. The van der Waals surface area contributed by atoms with Crippen molar-refractivity contribution in [2.75, 3.05) is 13.1 Å². The minimum atomic E-state index is -0.209. The van der Waals surface area contributed by atoms with E-state index in [1.165, 1.54) is 16.9 Å². The molecule has 2 amide bonds. The fourth-order valence-corrected chi connectivity index (χ4v) is 3.06. The highest BCUT2D eigenvalue weighted by Gasteiger charge is 2.11. The van der Waals surface area contributed by atoms with Gasteiger partial charge in [-0.2, -0.15) is 0 Å². The second-order valence-electron chi connectivity index (χ2n) is 7.19. The minimum absolute atomic E-state index is 0.0225. The van der Waals surface area contributed by atoms with Crippen molar-refractivity contribution in [2.24, 2.45) is 5.92 Å². The van der Waals surface area contributed by atoms with E-state index in [0.717, 1.165) is 10.8 Å². The molecule has 2 rings (SSSR count). The molecule has 0 unspecified atom stereocenters. The Bertz CT molecular complexity index is 769. The second kappa shape index (κ2) is 10.8. The summed E-state index contributed by atoms with van der Waals surface area (Å²) in [6, 6.07) is 8.03. The second-order valence-corrected chi connectivity index (χ2v) is 8.14. The van der Waals surface area contributed by atoms with Gasteiger partial charge in [-0.15, -0.1) is 11.3 Å². The van der Waals surface area contributed by atoms with Gasteiger partial charge in [-0.3, -0.25) is 9.59 Å².